The van der Waals surface area contributed by atoms with Gasteiger partial charge in [-0.2, -0.15) is 0 Å². The van der Waals surface area contributed by atoms with Crippen LogP contribution >= 0.6 is 63.7 Å². The average Bonchev–Trinajstić information content (AvgIpc) is 3.05. The third-order valence-corrected chi connectivity index (χ3v) is 10.1. The van der Waals surface area contributed by atoms with E-state index in [1.54, 1.807) is 0 Å². The molecule has 4 aromatic carbocycles. The molecular formula is C36H38Br4N2O4. The first kappa shape index (κ1) is 35.9. The molecule has 2 N–H and O–H groups in total. The molecule has 1 aliphatic rings. The van der Waals surface area contributed by atoms with Gasteiger partial charge in [0.1, 0.15) is 12.2 Å². The molecule has 4 aromatic rings. The molecule has 0 unspecified atom stereocenters. The van der Waals surface area contributed by atoms with Crippen molar-refractivity contribution in [3.63, 3.8) is 0 Å². The second-order valence-electron chi connectivity index (χ2n) is 11.5. The Balaban J connectivity index is 1.08. The van der Waals surface area contributed by atoms with Crippen LogP contribution in [0.2, 0.25) is 0 Å². The van der Waals surface area contributed by atoms with E-state index in [-0.39, 0.29) is 25.4 Å². The summed E-state index contributed by atoms with van der Waals surface area (Å²) in [5.74, 6) is 0. The Morgan fingerprint density at radius 2 is 0.696 bits per heavy atom. The van der Waals surface area contributed by atoms with Gasteiger partial charge in [-0.3, -0.25) is 9.80 Å². The molecule has 46 heavy (non-hydrogen) atoms. The van der Waals surface area contributed by atoms with Gasteiger partial charge in [0.25, 0.3) is 0 Å². The van der Waals surface area contributed by atoms with Gasteiger partial charge in [0.05, 0.1) is 25.4 Å². The molecular weight excluding hydrogens is 844 g/mol. The fraction of sp³-hybridized carbons (Fsp3) is 0.333. The Bertz CT molecular complexity index is 1280. The van der Waals surface area contributed by atoms with E-state index >= 15 is 0 Å². The largest absolute Gasteiger partial charge is 0.389 e. The predicted molar refractivity (Wildman–Crippen MR) is 197 cm³/mol. The molecule has 1 heterocycles. The third-order valence-electron chi connectivity index (χ3n) is 8.00. The van der Waals surface area contributed by atoms with E-state index < -0.39 is 12.2 Å². The van der Waals surface area contributed by atoms with E-state index in [9.17, 15) is 10.2 Å². The molecule has 1 fully saturated rings. The Morgan fingerprint density at radius 1 is 0.457 bits per heavy atom. The number of piperazine rings is 1. The van der Waals surface area contributed by atoms with Crippen molar-refractivity contribution in [1.29, 1.82) is 0 Å². The standard InChI is InChI=1S/C36H38Br4N2O4/c37-29-9-1-25(2-10-29)35(26-3-11-30(38)12-4-26)45-23-33(43)21-41-17-19-42(20-18-41)22-34(44)24-46-36(27-5-13-31(39)14-6-27)28-7-15-32(40)16-8-28/h1-16,33-36,43-44H,17-24H2/t33-,34-/m0/s1. The van der Waals surface area contributed by atoms with Crippen molar-refractivity contribution < 1.29 is 19.7 Å². The zero-order chi connectivity index (χ0) is 32.5. The van der Waals surface area contributed by atoms with E-state index in [0.717, 1.165) is 66.3 Å². The van der Waals surface area contributed by atoms with Gasteiger partial charge in [0.2, 0.25) is 0 Å². The number of aliphatic hydroxyl groups excluding tert-OH is 2. The van der Waals surface area contributed by atoms with Gasteiger partial charge in [-0.1, -0.05) is 112 Å². The van der Waals surface area contributed by atoms with Gasteiger partial charge in [0, 0.05) is 57.2 Å². The van der Waals surface area contributed by atoms with Crippen LogP contribution in [0, 0.1) is 0 Å². The molecule has 5 rings (SSSR count). The van der Waals surface area contributed by atoms with Gasteiger partial charge >= 0.3 is 0 Å². The molecule has 0 spiro atoms. The van der Waals surface area contributed by atoms with E-state index in [0.29, 0.717) is 13.1 Å². The highest BCUT2D eigenvalue weighted by atomic mass is 79.9. The van der Waals surface area contributed by atoms with Gasteiger partial charge in [-0.05, 0) is 70.8 Å². The number of nitrogens with zero attached hydrogens (tertiary/aromatic N) is 2. The Morgan fingerprint density at radius 3 is 0.935 bits per heavy atom. The Hall–Kier alpha value is -1.44. The van der Waals surface area contributed by atoms with E-state index in [1.165, 1.54) is 0 Å². The number of hydrogen-bond donors (Lipinski definition) is 2. The monoisotopic (exact) mass is 878 g/mol. The highest BCUT2D eigenvalue weighted by Crippen LogP contribution is 2.30. The van der Waals surface area contributed by atoms with E-state index in [4.69, 9.17) is 9.47 Å². The second-order valence-corrected chi connectivity index (χ2v) is 15.2. The predicted octanol–water partition coefficient (Wildman–Crippen LogP) is 7.99. The van der Waals surface area contributed by atoms with Gasteiger partial charge in [-0.25, -0.2) is 0 Å². The topological polar surface area (TPSA) is 65.4 Å². The molecule has 6 nitrogen and oxygen atoms in total. The molecule has 0 saturated carbocycles. The molecule has 0 amide bonds. The molecule has 0 bridgehead atoms. The van der Waals surface area contributed by atoms with Gasteiger partial charge < -0.3 is 19.7 Å². The summed E-state index contributed by atoms with van der Waals surface area (Å²) in [6.45, 7) is 4.78. The maximum Gasteiger partial charge on any atom is 0.108 e. The van der Waals surface area contributed by atoms with Gasteiger partial charge in [0.15, 0.2) is 0 Å². The van der Waals surface area contributed by atoms with Crippen molar-refractivity contribution in [2.45, 2.75) is 24.4 Å². The smallest absolute Gasteiger partial charge is 0.108 e. The van der Waals surface area contributed by atoms with Crippen LogP contribution in [-0.2, 0) is 9.47 Å². The summed E-state index contributed by atoms with van der Waals surface area (Å²) in [6, 6.07) is 32.4. The summed E-state index contributed by atoms with van der Waals surface area (Å²) in [4.78, 5) is 4.53. The number of rotatable bonds is 14. The third kappa shape index (κ3) is 10.8. The zero-order valence-corrected chi connectivity index (χ0v) is 31.7. The molecule has 0 aromatic heterocycles. The summed E-state index contributed by atoms with van der Waals surface area (Å²) >= 11 is 14.0. The van der Waals surface area contributed by atoms with Crippen LogP contribution in [0.25, 0.3) is 0 Å². The average molecular weight is 882 g/mol. The van der Waals surface area contributed by atoms with Crippen molar-refractivity contribution in [3.8, 4) is 0 Å². The quantitative estimate of drug-likeness (QED) is 0.134. The van der Waals surface area contributed by atoms with Crippen LogP contribution < -0.4 is 0 Å². The van der Waals surface area contributed by atoms with E-state index in [2.05, 4.69) is 73.5 Å². The molecule has 2 atom stereocenters. The van der Waals surface area contributed by atoms with Crippen molar-refractivity contribution in [2.75, 3.05) is 52.5 Å². The van der Waals surface area contributed by atoms with Gasteiger partial charge in [-0.15, -0.1) is 0 Å². The summed E-state index contributed by atoms with van der Waals surface area (Å²) in [6.07, 6.45) is -1.78. The number of ether oxygens (including phenoxy) is 2. The fourth-order valence-electron chi connectivity index (χ4n) is 5.59. The van der Waals surface area contributed by atoms with Crippen molar-refractivity contribution in [3.05, 3.63) is 137 Å². The van der Waals surface area contributed by atoms with Crippen LogP contribution in [0.5, 0.6) is 0 Å². The summed E-state index contributed by atoms with van der Waals surface area (Å²) < 4.78 is 16.7. The minimum atomic E-state index is -0.618. The molecule has 10 heteroatoms. The van der Waals surface area contributed by atoms with Crippen LogP contribution in [0.3, 0.4) is 0 Å². The van der Waals surface area contributed by atoms with Crippen LogP contribution in [0.15, 0.2) is 115 Å². The minimum absolute atomic E-state index is 0.227. The minimum Gasteiger partial charge on any atom is -0.389 e. The Kier molecular flexibility index (Phi) is 13.9. The lowest BCUT2D eigenvalue weighted by Gasteiger charge is -2.36. The second kappa shape index (κ2) is 17.8. The molecule has 0 aliphatic carbocycles. The van der Waals surface area contributed by atoms with Crippen molar-refractivity contribution >= 4 is 63.7 Å². The first-order chi connectivity index (χ1) is 22.2. The maximum absolute atomic E-state index is 10.9. The fourth-order valence-corrected chi connectivity index (χ4v) is 6.65. The molecule has 0 radical (unpaired) electrons. The molecule has 1 saturated heterocycles. The highest BCUT2D eigenvalue weighted by Gasteiger charge is 2.24. The molecule has 244 valence electrons. The first-order valence-corrected chi connectivity index (χ1v) is 18.5. The first-order valence-electron chi connectivity index (χ1n) is 15.3. The number of halogens is 4. The number of β-amino-alcohol motifs (C(OH)–C–C–N with tert-alkyl or cyclic N) is 2. The maximum atomic E-state index is 10.9. The van der Waals surface area contributed by atoms with Crippen LogP contribution in [-0.4, -0.2) is 84.7 Å². The lowest BCUT2D eigenvalue weighted by atomic mass is 10.0. The van der Waals surface area contributed by atoms with Crippen molar-refractivity contribution in [1.82, 2.24) is 9.80 Å². The summed E-state index contributed by atoms with van der Waals surface area (Å²) in [5.41, 5.74) is 4.14. The summed E-state index contributed by atoms with van der Waals surface area (Å²) in [7, 11) is 0. The SMILES string of the molecule is O[C@H](COC(c1ccc(Br)cc1)c1ccc(Br)cc1)CN1CCN(C[C@H](O)COC(c2ccc(Br)cc2)c2ccc(Br)cc2)CC1. The van der Waals surface area contributed by atoms with E-state index in [1.807, 2.05) is 97.1 Å². The lowest BCUT2D eigenvalue weighted by Crippen LogP contribution is -2.51. The lowest BCUT2D eigenvalue weighted by molar-refractivity contribution is -0.0268. The normalized spacial score (nSPS) is 15.8. The van der Waals surface area contributed by atoms with Crippen LogP contribution in [0.1, 0.15) is 34.5 Å². The number of benzene rings is 4. The summed E-state index contributed by atoms with van der Waals surface area (Å²) in [5, 5.41) is 21.9. The van der Waals surface area contributed by atoms with Crippen molar-refractivity contribution in [2.24, 2.45) is 0 Å². The number of hydrogen-bond acceptors (Lipinski definition) is 6. The zero-order valence-electron chi connectivity index (χ0n) is 25.3. The highest BCUT2D eigenvalue weighted by molar-refractivity contribution is 9.11. The number of aliphatic hydroxyl groups is 2. The van der Waals surface area contributed by atoms with Crippen LogP contribution in [0.4, 0.5) is 0 Å². The molecule has 1 aliphatic heterocycles. The Labute approximate surface area is 305 Å².